The van der Waals surface area contributed by atoms with Crippen molar-refractivity contribution in [2.45, 2.75) is 38.8 Å². The van der Waals surface area contributed by atoms with Gasteiger partial charge in [-0.15, -0.1) is 24.0 Å². The zero-order valence-electron chi connectivity index (χ0n) is 17.1. The van der Waals surface area contributed by atoms with E-state index in [1.54, 1.807) is 14.0 Å². The van der Waals surface area contributed by atoms with Gasteiger partial charge in [0.15, 0.2) is 5.96 Å². The number of aryl methyl sites for hydroxylation is 1. The maximum atomic E-state index is 12.4. The van der Waals surface area contributed by atoms with Crippen LogP contribution >= 0.6 is 35.6 Å². The molecule has 1 aromatic rings. The Bertz CT molecular complexity index is 738. The first-order valence-corrected chi connectivity index (χ1v) is 9.46. The lowest BCUT2D eigenvalue weighted by atomic mass is 9.99. The highest BCUT2D eigenvalue weighted by molar-refractivity contribution is 14.0. The van der Waals surface area contributed by atoms with Crippen molar-refractivity contribution in [3.8, 4) is 0 Å². The Morgan fingerprint density at radius 3 is 2.61 bits per heavy atom. The van der Waals surface area contributed by atoms with Crippen molar-refractivity contribution in [2.24, 2.45) is 12.0 Å². The normalized spacial score (nSPS) is 19.5. The summed E-state index contributed by atoms with van der Waals surface area (Å²) in [7, 11) is 5.62. The zero-order valence-corrected chi connectivity index (χ0v) is 20.2. The van der Waals surface area contributed by atoms with E-state index in [4.69, 9.17) is 11.6 Å². The molecule has 2 rings (SSSR count). The molecule has 2 N–H and O–H groups in total. The van der Waals surface area contributed by atoms with Gasteiger partial charge in [0.2, 0.25) is 0 Å². The molecule has 1 fully saturated rings. The predicted molar refractivity (Wildman–Crippen MR) is 122 cm³/mol. The SMILES string of the molecule is CCC1(C)NC(=O)N(CCCNC(=NC)N(C)Cc2cc(Cl)cn2C)C1=O.I. The molecule has 0 aromatic carbocycles. The third kappa shape index (κ3) is 5.53. The summed E-state index contributed by atoms with van der Waals surface area (Å²) in [5.74, 6) is 0.583. The fraction of sp³-hybridized carbons (Fsp3) is 0.611. The largest absolute Gasteiger partial charge is 0.356 e. The fourth-order valence-corrected chi connectivity index (χ4v) is 3.33. The molecular formula is C18H30ClIN6O2. The molecule has 158 valence electrons. The summed E-state index contributed by atoms with van der Waals surface area (Å²) in [6.07, 6.45) is 3.08. The summed E-state index contributed by atoms with van der Waals surface area (Å²) < 4.78 is 1.98. The molecule has 1 atom stereocenters. The number of rotatable bonds is 7. The number of guanidine groups is 1. The van der Waals surface area contributed by atoms with Crippen molar-refractivity contribution in [1.82, 2.24) is 25.0 Å². The average Bonchev–Trinajstić information content (AvgIpc) is 3.04. The molecule has 2 heterocycles. The van der Waals surface area contributed by atoms with Gasteiger partial charge in [0.05, 0.1) is 11.6 Å². The molecule has 0 radical (unpaired) electrons. The van der Waals surface area contributed by atoms with Crippen LogP contribution in [-0.2, 0) is 18.4 Å². The van der Waals surface area contributed by atoms with Gasteiger partial charge in [0.1, 0.15) is 5.54 Å². The second-order valence-electron chi connectivity index (χ2n) is 7.02. The summed E-state index contributed by atoms with van der Waals surface area (Å²) >= 11 is 6.03. The van der Waals surface area contributed by atoms with Gasteiger partial charge in [-0.1, -0.05) is 18.5 Å². The molecule has 28 heavy (non-hydrogen) atoms. The van der Waals surface area contributed by atoms with Crippen LogP contribution in [0.25, 0.3) is 0 Å². The van der Waals surface area contributed by atoms with E-state index in [2.05, 4.69) is 15.6 Å². The van der Waals surface area contributed by atoms with Crippen LogP contribution < -0.4 is 10.6 Å². The van der Waals surface area contributed by atoms with Gasteiger partial charge >= 0.3 is 6.03 Å². The minimum Gasteiger partial charge on any atom is -0.356 e. The number of aromatic nitrogens is 1. The van der Waals surface area contributed by atoms with Gasteiger partial charge in [-0.3, -0.25) is 14.7 Å². The van der Waals surface area contributed by atoms with Crippen LogP contribution in [0.15, 0.2) is 17.3 Å². The minimum atomic E-state index is -0.781. The van der Waals surface area contributed by atoms with Crippen molar-refractivity contribution in [3.63, 3.8) is 0 Å². The number of imide groups is 1. The standard InChI is InChI=1S/C18H29ClN6O2.HI/c1-6-18(2)15(26)25(17(27)22-18)9-7-8-21-16(20-3)24(5)12-14-10-13(19)11-23(14)4;/h10-11H,6-9,12H2,1-5H3,(H,20,21)(H,22,27);1H. The molecular weight excluding hydrogens is 495 g/mol. The zero-order chi connectivity index (χ0) is 20.2. The van der Waals surface area contributed by atoms with Gasteiger partial charge in [-0.2, -0.15) is 0 Å². The van der Waals surface area contributed by atoms with E-state index < -0.39 is 5.54 Å². The number of urea groups is 1. The first-order chi connectivity index (χ1) is 12.7. The number of nitrogens with one attached hydrogen (secondary N) is 2. The Morgan fingerprint density at radius 1 is 1.43 bits per heavy atom. The van der Waals surface area contributed by atoms with E-state index in [-0.39, 0.29) is 35.9 Å². The number of carbonyl (C=O) groups excluding carboxylic acids is 2. The lowest BCUT2D eigenvalue weighted by molar-refractivity contribution is -0.130. The van der Waals surface area contributed by atoms with Gasteiger partial charge in [-0.05, 0) is 25.8 Å². The summed E-state index contributed by atoms with van der Waals surface area (Å²) in [5, 5.41) is 6.74. The summed E-state index contributed by atoms with van der Waals surface area (Å²) in [5.41, 5.74) is 0.292. The smallest absolute Gasteiger partial charge is 0.325 e. The Balaban J connectivity index is 0.00000392. The van der Waals surface area contributed by atoms with Crippen molar-refractivity contribution in [1.29, 1.82) is 0 Å². The molecule has 0 bridgehead atoms. The molecule has 1 aliphatic heterocycles. The molecule has 1 unspecified atom stereocenters. The topological polar surface area (TPSA) is 82.0 Å². The number of halogens is 2. The average molecular weight is 525 g/mol. The third-order valence-corrected chi connectivity index (χ3v) is 5.15. The highest BCUT2D eigenvalue weighted by atomic mass is 127. The Labute approximate surface area is 188 Å². The molecule has 1 saturated heterocycles. The number of amides is 3. The van der Waals surface area contributed by atoms with E-state index >= 15 is 0 Å². The van der Waals surface area contributed by atoms with Crippen molar-refractivity contribution in [2.75, 3.05) is 27.2 Å². The van der Waals surface area contributed by atoms with Crippen LogP contribution in [-0.4, -0.2) is 65.0 Å². The van der Waals surface area contributed by atoms with Crippen LogP contribution in [0.2, 0.25) is 5.02 Å². The molecule has 0 spiro atoms. The first-order valence-electron chi connectivity index (χ1n) is 9.08. The number of carbonyl (C=O) groups is 2. The highest BCUT2D eigenvalue weighted by Gasteiger charge is 2.45. The number of aliphatic imine (C=N–C) groups is 1. The molecule has 3 amide bonds. The van der Waals surface area contributed by atoms with Crippen molar-refractivity contribution in [3.05, 3.63) is 23.0 Å². The second-order valence-corrected chi connectivity index (χ2v) is 7.45. The quantitative estimate of drug-likeness (QED) is 0.189. The van der Waals surface area contributed by atoms with E-state index in [9.17, 15) is 9.59 Å². The molecule has 8 nitrogen and oxygen atoms in total. The Morgan fingerprint density at radius 2 is 2.11 bits per heavy atom. The van der Waals surface area contributed by atoms with Crippen LogP contribution in [0.3, 0.4) is 0 Å². The van der Waals surface area contributed by atoms with E-state index in [0.29, 0.717) is 37.5 Å². The second kappa shape index (κ2) is 10.3. The van der Waals surface area contributed by atoms with E-state index in [0.717, 1.165) is 11.7 Å². The first kappa shape index (κ1) is 24.5. The highest BCUT2D eigenvalue weighted by Crippen LogP contribution is 2.20. The van der Waals surface area contributed by atoms with Crippen molar-refractivity contribution >= 4 is 53.5 Å². The minimum absolute atomic E-state index is 0. The monoisotopic (exact) mass is 524 g/mol. The van der Waals surface area contributed by atoms with Gasteiger partial charge in [0.25, 0.3) is 5.91 Å². The lowest BCUT2D eigenvalue weighted by Gasteiger charge is -2.23. The lowest BCUT2D eigenvalue weighted by Crippen LogP contribution is -2.43. The van der Waals surface area contributed by atoms with Crippen LogP contribution in [0.1, 0.15) is 32.4 Å². The van der Waals surface area contributed by atoms with Gasteiger partial charge in [0, 0.05) is 46.1 Å². The van der Waals surface area contributed by atoms with Crippen LogP contribution in [0.4, 0.5) is 4.79 Å². The summed E-state index contributed by atoms with van der Waals surface area (Å²) in [6, 6.07) is 1.61. The number of hydrogen-bond donors (Lipinski definition) is 2. The molecule has 0 aliphatic carbocycles. The fourth-order valence-electron chi connectivity index (χ4n) is 3.05. The summed E-state index contributed by atoms with van der Waals surface area (Å²) in [4.78, 5) is 32.0. The van der Waals surface area contributed by atoms with Crippen LogP contribution in [0.5, 0.6) is 0 Å². The molecule has 1 aliphatic rings. The van der Waals surface area contributed by atoms with Crippen molar-refractivity contribution < 1.29 is 9.59 Å². The third-order valence-electron chi connectivity index (χ3n) is 4.94. The van der Waals surface area contributed by atoms with Gasteiger partial charge in [-0.25, -0.2) is 4.79 Å². The van der Waals surface area contributed by atoms with Gasteiger partial charge < -0.3 is 20.1 Å². The summed E-state index contributed by atoms with van der Waals surface area (Å²) in [6.45, 7) is 5.29. The van der Waals surface area contributed by atoms with Crippen LogP contribution in [0, 0.1) is 0 Å². The number of hydrogen-bond acceptors (Lipinski definition) is 3. The Hall–Kier alpha value is -1.49. The number of nitrogens with zero attached hydrogens (tertiary/aromatic N) is 4. The molecule has 1 aromatic heterocycles. The maximum Gasteiger partial charge on any atom is 0.325 e. The molecule has 0 saturated carbocycles. The van der Waals surface area contributed by atoms with E-state index in [1.165, 1.54) is 4.90 Å². The molecule has 10 heteroatoms. The Kier molecular flexibility index (Phi) is 9.06. The van der Waals surface area contributed by atoms with E-state index in [1.807, 2.05) is 42.7 Å². The maximum absolute atomic E-state index is 12.4. The predicted octanol–water partition coefficient (Wildman–Crippen LogP) is 2.41.